The van der Waals surface area contributed by atoms with Gasteiger partial charge in [-0.05, 0) is 70.0 Å². The third-order valence-corrected chi connectivity index (χ3v) is 11.0. The Hall–Kier alpha value is -3.81. The van der Waals surface area contributed by atoms with Gasteiger partial charge < -0.3 is 19.9 Å². The third kappa shape index (κ3) is 7.39. The van der Waals surface area contributed by atoms with E-state index in [9.17, 15) is 9.90 Å². The van der Waals surface area contributed by atoms with Crippen molar-refractivity contribution in [3.8, 4) is 11.1 Å². The minimum Gasteiger partial charge on any atom is -0.392 e. The van der Waals surface area contributed by atoms with Crippen molar-refractivity contribution in [3.63, 3.8) is 0 Å². The average Bonchev–Trinajstić information content (AvgIpc) is 3.35. The summed E-state index contributed by atoms with van der Waals surface area (Å²) in [5.74, 6) is 0.0617. The molecule has 2 aliphatic heterocycles. The molecular formula is C43H50N2O4. The van der Waals surface area contributed by atoms with E-state index in [1.165, 1.54) is 19.3 Å². The van der Waals surface area contributed by atoms with Crippen molar-refractivity contribution >= 4 is 5.91 Å². The Morgan fingerprint density at radius 2 is 1.55 bits per heavy atom. The van der Waals surface area contributed by atoms with Crippen molar-refractivity contribution in [2.24, 2.45) is 16.7 Å². The van der Waals surface area contributed by atoms with E-state index < -0.39 is 6.29 Å². The van der Waals surface area contributed by atoms with Crippen LogP contribution >= 0.6 is 0 Å². The summed E-state index contributed by atoms with van der Waals surface area (Å²) >= 11 is 0. The molecule has 1 amide bonds. The average molecular weight is 659 g/mol. The van der Waals surface area contributed by atoms with E-state index in [0.29, 0.717) is 29.0 Å². The zero-order valence-corrected chi connectivity index (χ0v) is 29.3. The SMILES string of the molecule is C[C@H]1[C@@H](CN2CC3(C)CC2CC(C)(C)C3)O[C@@H](c2ccc(-c3ccccc3CNC(=O)c3ccccc3)cc2)O[C@H]1c1ccc(CO)cc1. The molecule has 3 aliphatic rings. The summed E-state index contributed by atoms with van der Waals surface area (Å²) in [7, 11) is 0. The van der Waals surface area contributed by atoms with Crippen molar-refractivity contribution in [3.05, 3.63) is 131 Å². The monoisotopic (exact) mass is 658 g/mol. The van der Waals surface area contributed by atoms with E-state index in [4.69, 9.17) is 9.47 Å². The van der Waals surface area contributed by atoms with Crippen LogP contribution < -0.4 is 5.32 Å². The van der Waals surface area contributed by atoms with Gasteiger partial charge in [0, 0.05) is 42.7 Å². The number of aliphatic hydroxyl groups excluding tert-OH is 1. The first kappa shape index (κ1) is 33.7. The predicted molar refractivity (Wildman–Crippen MR) is 194 cm³/mol. The first-order valence-corrected chi connectivity index (χ1v) is 17.9. The summed E-state index contributed by atoms with van der Waals surface area (Å²) in [6.07, 6.45) is 3.12. The predicted octanol–water partition coefficient (Wildman–Crippen LogP) is 8.47. The molecule has 1 aliphatic carbocycles. The van der Waals surface area contributed by atoms with Crippen LogP contribution in [0, 0.1) is 16.7 Å². The molecule has 2 bridgehead atoms. The van der Waals surface area contributed by atoms with Crippen LogP contribution in [0.25, 0.3) is 11.1 Å². The van der Waals surface area contributed by atoms with Crippen molar-refractivity contribution in [1.29, 1.82) is 0 Å². The second-order valence-electron chi connectivity index (χ2n) is 15.8. The van der Waals surface area contributed by atoms with Gasteiger partial charge in [-0.25, -0.2) is 0 Å². The Balaban J connectivity index is 1.11. The summed E-state index contributed by atoms with van der Waals surface area (Å²) in [6.45, 7) is 12.1. The fourth-order valence-corrected chi connectivity index (χ4v) is 8.99. The molecule has 0 spiro atoms. The molecule has 7 rings (SSSR count). The number of nitrogens with zero attached hydrogens (tertiary/aromatic N) is 1. The van der Waals surface area contributed by atoms with Crippen molar-refractivity contribution < 1.29 is 19.4 Å². The standard InChI is InChI=1S/C43H50N2O4/c1-29-38(25-45-28-43(4)23-36(45)22-42(2,3)27-43)48-41(49-39(29)32-16-14-30(26-46)15-17-32)34-20-18-31(19-21-34)37-13-9-8-12-35(37)24-44-40(47)33-10-6-5-7-11-33/h5-21,29,36,38-39,41,46H,22-28H2,1-4H3,(H,44,47)/t29-,36?,38+,39+,41+,43?/m0/s1. The number of fused-ring (bicyclic) bond motifs is 2. The Labute approximate surface area is 291 Å². The molecule has 256 valence electrons. The highest BCUT2D eigenvalue weighted by molar-refractivity contribution is 5.94. The van der Waals surface area contributed by atoms with Gasteiger partial charge in [0.1, 0.15) is 0 Å². The number of rotatable bonds is 9. The largest absolute Gasteiger partial charge is 0.392 e. The highest BCUT2D eigenvalue weighted by atomic mass is 16.7. The van der Waals surface area contributed by atoms with Crippen LogP contribution in [0.4, 0.5) is 0 Å². The lowest BCUT2D eigenvalue weighted by Crippen LogP contribution is -2.46. The summed E-state index contributed by atoms with van der Waals surface area (Å²) in [5, 5.41) is 12.7. The van der Waals surface area contributed by atoms with Gasteiger partial charge in [0.05, 0.1) is 18.8 Å². The molecule has 2 heterocycles. The van der Waals surface area contributed by atoms with E-state index >= 15 is 0 Å². The number of aliphatic hydroxyl groups is 1. The van der Waals surface area contributed by atoms with E-state index in [0.717, 1.165) is 46.5 Å². The number of carbonyl (C=O) groups is 1. The van der Waals surface area contributed by atoms with Gasteiger partial charge in [0.2, 0.25) is 0 Å². The zero-order valence-electron chi connectivity index (χ0n) is 29.3. The number of benzene rings is 4. The van der Waals surface area contributed by atoms with Gasteiger partial charge >= 0.3 is 0 Å². The molecule has 4 aromatic rings. The van der Waals surface area contributed by atoms with Gasteiger partial charge in [0.15, 0.2) is 6.29 Å². The van der Waals surface area contributed by atoms with E-state index in [1.807, 2.05) is 54.6 Å². The maximum atomic E-state index is 12.8. The summed E-state index contributed by atoms with van der Waals surface area (Å²) in [4.78, 5) is 15.5. The fraction of sp³-hybridized carbons (Fsp3) is 0.419. The second-order valence-corrected chi connectivity index (χ2v) is 15.8. The van der Waals surface area contributed by atoms with E-state index in [1.54, 1.807) is 0 Å². The van der Waals surface area contributed by atoms with Gasteiger partial charge in [-0.2, -0.15) is 0 Å². The Bertz CT molecular complexity index is 1740. The summed E-state index contributed by atoms with van der Waals surface area (Å²) in [5.41, 5.74) is 7.57. The highest BCUT2D eigenvalue weighted by Gasteiger charge is 2.51. The van der Waals surface area contributed by atoms with E-state index in [2.05, 4.69) is 86.4 Å². The number of carbonyl (C=O) groups excluding carboxylic acids is 1. The maximum Gasteiger partial charge on any atom is 0.251 e. The van der Waals surface area contributed by atoms with Crippen LogP contribution in [0.1, 0.15) is 92.0 Å². The van der Waals surface area contributed by atoms with Crippen LogP contribution in [0.5, 0.6) is 0 Å². The third-order valence-electron chi connectivity index (χ3n) is 11.0. The molecule has 6 heteroatoms. The molecule has 49 heavy (non-hydrogen) atoms. The zero-order chi connectivity index (χ0) is 34.2. The molecule has 6 atom stereocenters. The first-order valence-electron chi connectivity index (χ1n) is 17.9. The normalized spacial score (nSPS) is 27.9. The number of nitrogens with one attached hydrogen (secondary N) is 1. The van der Waals surface area contributed by atoms with Gasteiger partial charge in [-0.1, -0.05) is 119 Å². The number of likely N-dealkylation sites (tertiary alicyclic amines) is 1. The molecule has 2 N–H and O–H groups in total. The highest BCUT2D eigenvalue weighted by Crippen LogP contribution is 2.53. The molecule has 0 aromatic heterocycles. The Morgan fingerprint density at radius 3 is 2.29 bits per heavy atom. The fourth-order valence-electron chi connectivity index (χ4n) is 8.99. The maximum absolute atomic E-state index is 12.8. The number of ether oxygens (including phenoxy) is 2. The molecule has 4 aromatic carbocycles. The number of hydrogen-bond acceptors (Lipinski definition) is 5. The summed E-state index contributed by atoms with van der Waals surface area (Å²) in [6, 6.07) is 34.8. The Kier molecular flexibility index (Phi) is 9.51. The second kappa shape index (κ2) is 13.8. The van der Waals surface area contributed by atoms with Crippen molar-refractivity contribution in [1.82, 2.24) is 10.2 Å². The van der Waals surface area contributed by atoms with Crippen LogP contribution in [0.15, 0.2) is 103 Å². The first-order chi connectivity index (χ1) is 23.6. The van der Waals surface area contributed by atoms with Crippen LogP contribution in [0.2, 0.25) is 0 Å². The molecule has 6 nitrogen and oxygen atoms in total. The molecule has 3 fully saturated rings. The molecule has 1 saturated carbocycles. The van der Waals surface area contributed by atoms with Gasteiger partial charge in [0.25, 0.3) is 5.91 Å². The topological polar surface area (TPSA) is 71.0 Å². The number of hydrogen-bond donors (Lipinski definition) is 2. The molecule has 0 radical (unpaired) electrons. The Morgan fingerprint density at radius 1 is 0.857 bits per heavy atom. The van der Waals surface area contributed by atoms with Crippen molar-refractivity contribution in [2.75, 3.05) is 13.1 Å². The smallest absolute Gasteiger partial charge is 0.251 e. The summed E-state index contributed by atoms with van der Waals surface area (Å²) < 4.78 is 13.7. The van der Waals surface area contributed by atoms with Gasteiger partial charge in [-0.3, -0.25) is 9.69 Å². The van der Waals surface area contributed by atoms with Gasteiger partial charge in [-0.15, -0.1) is 0 Å². The minimum absolute atomic E-state index is 0.000888. The van der Waals surface area contributed by atoms with Crippen LogP contribution in [0.3, 0.4) is 0 Å². The molecule has 2 saturated heterocycles. The lowest BCUT2D eigenvalue weighted by Gasteiger charge is -2.43. The van der Waals surface area contributed by atoms with Crippen LogP contribution in [-0.2, 0) is 22.6 Å². The lowest BCUT2D eigenvalue weighted by atomic mass is 9.65. The quantitative estimate of drug-likeness (QED) is 0.189. The lowest BCUT2D eigenvalue weighted by molar-refractivity contribution is -0.276. The minimum atomic E-state index is -0.507. The van der Waals surface area contributed by atoms with E-state index in [-0.39, 0.29) is 30.6 Å². The number of amides is 1. The molecular weight excluding hydrogens is 608 g/mol. The molecule has 2 unspecified atom stereocenters. The van der Waals surface area contributed by atoms with Crippen molar-refractivity contribution in [2.45, 2.75) is 84.6 Å². The van der Waals surface area contributed by atoms with Crippen LogP contribution in [-0.4, -0.2) is 41.1 Å².